The molecule has 1 fully saturated rings. The van der Waals surface area contributed by atoms with Gasteiger partial charge in [-0.1, -0.05) is 27.7 Å². The van der Waals surface area contributed by atoms with E-state index in [1.165, 1.54) is 6.42 Å². The summed E-state index contributed by atoms with van der Waals surface area (Å²) in [6.45, 7) is 10.1. The number of rotatable bonds is 4. The summed E-state index contributed by atoms with van der Waals surface area (Å²) in [5, 5.41) is 8.90. The summed E-state index contributed by atoms with van der Waals surface area (Å²) >= 11 is 0. The third kappa shape index (κ3) is 3.44. The largest absolute Gasteiger partial charge is 0.394 e. The molecule has 0 aromatic carbocycles. The average molecular weight is 229 g/mol. The molecule has 0 amide bonds. The summed E-state index contributed by atoms with van der Waals surface area (Å²) in [6, 6.07) is 0. The minimum Gasteiger partial charge on any atom is -0.394 e. The number of hydrogen-bond donors (Lipinski definition) is 2. The lowest BCUT2D eigenvalue weighted by Gasteiger charge is -2.51. The summed E-state index contributed by atoms with van der Waals surface area (Å²) in [5.74, 6) is 0. The molecule has 3 heteroatoms. The molecule has 1 saturated carbocycles. The number of hydrogen-bond acceptors (Lipinski definition) is 3. The molecule has 0 atom stereocenters. The van der Waals surface area contributed by atoms with E-state index in [9.17, 15) is 0 Å². The lowest BCUT2D eigenvalue weighted by Crippen LogP contribution is -2.52. The maximum absolute atomic E-state index is 8.90. The van der Waals surface area contributed by atoms with E-state index in [0.29, 0.717) is 13.2 Å². The molecule has 0 radical (unpaired) electrons. The molecular formula is C13H27NO2. The summed E-state index contributed by atoms with van der Waals surface area (Å²) in [5.41, 5.74) is 6.19. The molecule has 0 saturated heterocycles. The number of ether oxygens (including phenoxy) is 1. The van der Waals surface area contributed by atoms with Gasteiger partial charge in [0, 0.05) is 6.54 Å². The van der Waals surface area contributed by atoms with Crippen molar-refractivity contribution in [2.45, 2.75) is 52.6 Å². The van der Waals surface area contributed by atoms with Gasteiger partial charge in [0.25, 0.3) is 0 Å². The molecule has 1 aliphatic rings. The first-order valence-corrected chi connectivity index (χ1v) is 6.19. The fraction of sp³-hybridized carbons (Fsp3) is 1.00. The zero-order chi connectivity index (χ0) is 12.4. The second-order valence-electron chi connectivity index (χ2n) is 6.82. The van der Waals surface area contributed by atoms with Gasteiger partial charge >= 0.3 is 0 Å². The first-order chi connectivity index (χ1) is 7.24. The maximum Gasteiger partial charge on any atom is 0.0815 e. The average Bonchev–Trinajstić information content (AvgIpc) is 2.10. The highest BCUT2D eigenvalue weighted by atomic mass is 16.5. The Kier molecular flexibility index (Phi) is 4.04. The van der Waals surface area contributed by atoms with Crippen molar-refractivity contribution in [1.82, 2.24) is 0 Å². The molecule has 0 heterocycles. The second-order valence-corrected chi connectivity index (χ2v) is 6.82. The Morgan fingerprint density at radius 3 is 1.94 bits per heavy atom. The SMILES string of the molecule is CC1(C)CC(C)(C)CC(CN)(OCCO)C1. The Balaban J connectivity index is 2.83. The molecule has 1 rings (SSSR count). The fourth-order valence-electron chi connectivity index (χ4n) is 3.79. The first kappa shape index (κ1) is 13.9. The third-order valence-corrected chi connectivity index (χ3v) is 3.43. The van der Waals surface area contributed by atoms with Crippen LogP contribution in [0.1, 0.15) is 47.0 Å². The van der Waals surface area contributed by atoms with Gasteiger partial charge in [-0.3, -0.25) is 0 Å². The first-order valence-electron chi connectivity index (χ1n) is 6.19. The molecule has 16 heavy (non-hydrogen) atoms. The summed E-state index contributed by atoms with van der Waals surface area (Å²) in [6.07, 6.45) is 3.17. The minimum absolute atomic E-state index is 0.0720. The molecular weight excluding hydrogens is 202 g/mol. The standard InChI is InChI=1S/C13H27NO2/c1-11(2)7-12(3,4)9-13(8-11,10-14)16-6-5-15/h15H,5-10,14H2,1-4H3. The van der Waals surface area contributed by atoms with E-state index in [4.69, 9.17) is 15.6 Å². The maximum atomic E-state index is 8.90. The van der Waals surface area contributed by atoms with Crippen molar-refractivity contribution in [2.24, 2.45) is 16.6 Å². The van der Waals surface area contributed by atoms with Gasteiger partial charge in [-0.25, -0.2) is 0 Å². The Morgan fingerprint density at radius 2 is 1.56 bits per heavy atom. The molecule has 0 aliphatic heterocycles. The molecule has 0 aromatic heterocycles. The Labute approximate surface area is 99.4 Å². The molecule has 0 unspecified atom stereocenters. The van der Waals surface area contributed by atoms with E-state index in [1.54, 1.807) is 0 Å². The van der Waals surface area contributed by atoms with Gasteiger partial charge in [-0.15, -0.1) is 0 Å². The molecule has 0 aromatic rings. The highest BCUT2D eigenvalue weighted by Gasteiger charge is 2.47. The zero-order valence-corrected chi connectivity index (χ0v) is 11.2. The van der Waals surface area contributed by atoms with E-state index in [0.717, 1.165) is 12.8 Å². The van der Waals surface area contributed by atoms with E-state index in [-0.39, 0.29) is 23.0 Å². The normalized spacial score (nSPS) is 26.6. The van der Waals surface area contributed by atoms with E-state index in [2.05, 4.69) is 27.7 Å². The van der Waals surface area contributed by atoms with Crippen LogP contribution in [-0.2, 0) is 4.74 Å². The van der Waals surface area contributed by atoms with Crippen LogP contribution in [0.3, 0.4) is 0 Å². The molecule has 1 aliphatic carbocycles. The van der Waals surface area contributed by atoms with Gasteiger partial charge < -0.3 is 15.6 Å². The van der Waals surface area contributed by atoms with Crippen LogP contribution in [0, 0.1) is 10.8 Å². The Morgan fingerprint density at radius 1 is 1.06 bits per heavy atom. The highest BCUT2D eigenvalue weighted by Crippen LogP contribution is 2.51. The van der Waals surface area contributed by atoms with Crippen LogP contribution in [0.25, 0.3) is 0 Å². The Hall–Kier alpha value is -0.120. The van der Waals surface area contributed by atoms with Crippen molar-refractivity contribution in [3.63, 3.8) is 0 Å². The fourth-order valence-corrected chi connectivity index (χ4v) is 3.79. The Bertz CT molecular complexity index is 220. The van der Waals surface area contributed by atoms with Crippen molar-refractivity contribution in [3.8, 4) is 0 Å². The van der Waals surface area contributed by atoms with Gasteiger partial charge in [-0.05, 0) is 30.1 Å². The lowest BCUT2D eigenvalue weighted by atomic mass is 9.59. The van der Waals surface area contributed by atoms with Crippen LogP contribution in [0.4, 0.5) is 0 Å². The van der Waals surface area contributed by atoms with Gasteiger partial charge in [0.2, 0.25) is 0 Å². The highest BCUT2D eigenvalue weighted by molar-refractivity contribution is 4.99. The van der Waals surface area contributed by atoms with Crippen molar-refractivity contribution in [2.75, 3.05) is 19.8 Å². The third-order valence-electron chi connectivity index (χ3n) is 3.43. The second kappa shape index (κ2) is 4.63. The molecule has 3 N–H and O–H groups in total. The quantitative estimate of drug-likeness (QED) is 0.774. The smallest absolute Gasteiger partial charge is 0.0815 e. The van der Waals surface area contributed by atoms with Crippen LogP contribution in [0.2, 0.25) is 0 Å². The van der Waals surface area contributed by atoms with Crippen molar-refractivity contribution >= 4 is 0 Å². The van der Waals surface area contributed by atoms with Crippen molar-refractivity contribution in [1.29, 1.82) is 0 Å². The minimum atomic E-state index is -0.242. The number of aliphatic hydroxyl groups excluding tert-OH is 1. The number of nitrogens with two attached hydrogens (primary N) is 1. The number of aliphatic hydroxyl groups is 1. The van der Waals surface area contributed by atoms with Crippen molar-refractivity contribution in [3.05, 3.63) is 0 Å². The summed E-state index contributed by atoms with van der Waals surface area (Å²) < 4.78 is 5.87. The van der Waals surface area contributed by atoms with Crippen LogP contribution in [-0.4, -0.2) is 30.5 Å². The summed E-state index contributed by atoms with van der Waals surface area (Å²) in [4.78, 5) is 0. The molecule has 3 nitrogen and oxygen atoms in total. The predicted octanol–water partition coefficient (Wildman–Crippen LogP) is 1.93. The van der Waals surface area contributed by atoms with Gasteiger partial charge in [0.15, 0.2) is 0 Å². The van der Waals surface area contributed by atoms with E-state index in [1.807, 2.05) is 0 Å². The van der Waals surface area contributed by atoms with E-state index >= 15 is 0 Å². The topological polar surface area (TPSA) is 55.5 Å². The van der Waals surface area contributed by atoms with E-state index < -0.39 is 0 Å². The molecule has 0 bridgehead atoms. The van der Waals surface area contributed by atoms with Gasteiger partial charge in [0.05, 0.1) is 18.8 Å². The summed E-state index contributed by atoms with van der Waals surface area (Å²) in [7, 11) is 0. The van der Waals surface area contributed by atoms with Crippen molar-refractivity contribution < 1.29 is 9.84 Å². The lowest BCUT2D eigenvalue weighted by molar-refractivity contribution is -0.130. The van der Waals surface area contributed by atoms with Crippen LogP contribution in [0.5, 0.6) is 0 Å². The molecule has 96 valence electrons. The van der Waals surface area contributed by atoms with Crippen LogP contribution >= 0.6 is 0 Å². The molecule has 0 spiro atoms. The van der Waals surface area contributed by atoms with Crippen LogP contribution < -0.4 is 5.73 Å². The van der Waals surface area contributed by atoms with Gasteiger partial charge in [0.1, 0.15) is 0 Å². The monoisotopic (exact) mass is 229 g/mol. The van der Waals surface area contributed by atoms with Crippen LogP contribution in [0.15, 0.2) is 0 Å². The van der Waals surface area contributed by atoms with Gasteiger partial charge in [-0.2, -0.15) is 0 Å². The predicted molar refractivity (Wildman–Crippen MR) is 66.2 cm³/mol. The zero-order valence-electron chi connectivity index (χ0n) is 11.2.